The maximum atomic E-state index is 14.7. The minimum absolute atomic E-state index is 0.0572. The first-order valence-corrected chi connectivity index (χ1v) is 12.0. The summed E-state index contributed by atoms with van der Waals surface area (Å²) in [5, 5.41) is 0. The van der Waals surface area contributed by atoms with E-state index in [1.165, 1.54) is 89.0 Å². The van der Waals surface area contributed by atoms with Crippen molar-refractivity contribution in [1.82, 2.24) is 0 Å². The summed E-state index contributed by atoms with van der Waals surface area (Å²) < 4.78 is 14.7. The van der Waals surface area contributed by atoms with Gasteiger partial charge in [0, 0.05) is 0 Å². The van der Waals surface area contributed by atoms with Crippen molar-refractivity contribution in [3.8, 4) is 0 Å². The monoisotopic (exact) mass is 372 g/mol. The SMILES string of the molecule is CCCCC1CCC(CCc2ccc(C3CCC(CC)CC3)cc2F)CC1. The summed E-state index contributed by atoms with van der Waals surface area (Å²) in [6, 6.07) is 6.20. The summed E-state index contributed by atoms with van der Waals surface area (Å²) in [4.78, 5) is 0. The van der Waals surface area contributed by atoms with Crippen LogP contribution in [0, 0.1) is 23.6 Å². The lowest BCUT2D eigenvalue weighted by atomic mass is 9.77. The Hall–Kier alpha value is -0.850. The van der Waals surface area contributed by atoms with Gasteiger partial charge in [-0.15, -0.1) is 0 Å². The fourth-order valence-electron chi connectivity index (χ4n) is 5.59. The molecule has 0 amide bonds. The van der Waals surface area contributed by atoms with Crippen LogP contribution in [0.25, 0.3) is 0 Å². The van der Waals surface area contributed by atoms with Crippen molar-refractivity contribution in [3.63, 3.8) is 0 Å². The number of benzene rings is 1. The Morgan fingerprint density at radius 3 is 2.04 bits per heavy atom. The van der Waals surface area contributed by atoms with Crippen molar-refractivity contribution in [2.24, 2.45) is 17.8 Å². The smallest absolute Gasteiger partial charge is 0.126 e. The highest BCUT2D eigenvalue weighted by atomic mass is 19.1. The summed E-state index contributed by atoms with van der Waals surface area (Å²) in [6.45, 7) is 4.60. The second kappa shape index (κ2) is 10.6. The first kappa shape index (κ1) is 20.9. The quantitative estimate of drug-likeness (QED) is 0.429. The average Bonchev–Trinajstić information content (AvgIpc) is 2.72. The van der Waals surface area contributed by atoms with Crippen LogP contribution >= 0.6 is 0 Å². The third-order valence-electron chi connectivity index (χ3n) is 7.73. The van der Waals surface area contributed by atoms with Crippen molar-refractivity contribution in [3.05, 3.63) is 35.1 Å². The molecule has 0 aromatic heterocycles. The zero-order chi connectivity index (χ0) is 19.1. The zero-order valence-corrected chi connectivity index (χ0v) is 17.8. The Bertz CT molecular complexity index is 547. The van der Waals surface area contributed by atoms with Gasteiger partial charge in [-0.2, -0.15) is 0 Å². The van der Waals surface area contributed by atoms with Crippen molar-refractivity contribution in [2.75, 3.05) is 0 Å². The van der Waals surface area contributed by atoms with E-state index < -0.39 is 0 Å². The summed E-state index contributed by atoms with van der Waals surface area (Å²) in [5.41, 5.74) is 2.20. The van der Waals surface area contributed by atoms with Gasteiger partial charge < -0.3 is 0 Å². The van der Waals surface area contributed by atoms with Gasteiger partial charge in [0.1, 0.15) is 5.82 Å². The van der Waals surface area contributed by atoms with Gasteiger partial charge in [-0.05, 0) is 79.4 Å². The number of aryl methyl sites for hydroxylation is 1. The highest BCUT2D eigenvalue weighted by Gasteiger charge is 2.23. The van der Waals surface area contributed by atoms with E-state index in [0.717, 1.165) is 29.7 Å². The molecule has 0 atom stereocenters. The number of rotatable bonds is 8. The Morgan fingerprint density at radius 1 is 0.815 bits per heavy atom. The third-order valence-corrected chi connectivity index (χ3v) is 7.73. The molecule has 0 N–H and O–H groups in total. The molecule has 27 heavy (non-hydrogen) atoms. The van der Waals surface area contributed by atoms with Gasteiger partial charge >= 0.3 is 0 Å². The molecular formula is C26H41F. The van der Waals surface area contributed by atoms with Gasteiger partial charge in [0.15, 0.2) is 0 Å². The van der Waals surface area contributed by atoms with Crippen LogP contribution in [0.3, 0.4) is 0 Å². The van der Waals surface area contributed by atoms with Crippen molar-refractivity contribution in [2.45, 2.75) is 110 Å². The van der Waals surface area contributed by atoms with Gasteiger partial charge in [-0.3, -0.25) is 0 Å². The largest absolute Gasteiger partial charge is 0.207 e. The highest BCUT2D eigenvalue weighted by molar-refractivity contribution is 5.27. The van der Waals surface area contributed by atoms with Gasteiger partial charge in [-0.1, -0.05) is 77.3 Å². The summed E-state index contributed by atoms with van der Waals surface area (Å²) in [7, 11) is 0. The summed E-state index contributed by atoms with van der Waals surface area (Å²) in [5.74, 6) is 3.35. The van der Waals surface area contributed by atoms with E-state index in [-0.39, 0.29) is 5.82 Å². The lowest BCUT2D eigenvalue weighted by Gasteiger charge is -2.29. The Balaban J connectivity index is 1.45. The molecule has 0 spiro atoms. The number of hydrogen-bond acceptors (Lipinski definition) is 0. The lowest BCUT2D eigenvalue weighted by Crippen LogP contribution is -2.15. The highest BCUT2D eigenvalue weighted by Crippen LogP contribution is 2.38. The van der Waals surface area contributed by atoms with Gasteiger partial charge in [-0.25, -0.2) is 4.39 Å². The number of hydrogen-bond donors (Lipinski definition) is 0. The molecule has 1 aromatic carbocycles. The Labute approximate surface area is 167 Å². The summed E-state index contributed by atoms with van der Waals surface area (Å²) in [6.07, 6.45) is 18.3. The number of halogens is 1. The van der Waals surface area contributed by atoms with E-state index in [1.807, 2.05) is 6.07 Å². The first-order valence-electron chi connectivity index (χ1n) is 12.0. The normalized spacial score (nSPS) is 29.0. The van der Waals surface area contributed by atoms with Crippen LogP contribution in [-0.4, -0.2) is 0 Å². The van der Waals surface area contributed by atoms with E-state index in [0.29, 0.717) is 5.92 Å². The van der Waals surface area contributed by atoms with E-state index in [4.69, 9.17) is 0 Å². The predicted molar refractivity (Wildman–Crippen MR) is 115 cm³/mol. The number of unbranched alkanes of at least 4 members (excludes halogenated alkanes) is 1. The second-order valence-electron chi connectivity index (χ2n) is 9.54. The van der Waals surface area contributed by atoms with Crippen LogP contribution in [-0.2, 0) is 6.42 Å². The molecule has 0 unspecified atom stereocenters. The molecule has 0 bridgehead atoms. The lowest BCUT2D eigenvalue weighted by molar-refractivity contribution is 0.249. The van der Waals surface area contributed by atoms with E-state index in [9.17, 15) is 4.39 Å². The molecule has 0 radical (unpaired) electrons. The Morgan fingerprint density at radius 2 is 1.44 bits per heavy atom. The fraction of sp³-hybridized carbons (Fsp3) is 0.769. The molecule has 2 aliphatic rings. The molecule has 0 heterocycles. The predicted octanol–water partition coefficient (Wildman–Crippen LogP) is 8.44. The molecule has 1 aromatic rings. The minimum Gasteiger partial charge on any atom is -0.207 e. The topological polar surface area (TPSA) is 0 Å². The van der Waals surface area contributed by atoms with Gasteiger partial charge in [0.25, 0.3) is 0 Å². The molecule has 3 rings (SSSR count). The van der Waals surface area contributed by atoms with Crippen LogP contribution in [0.1, 0.15) is 114 Å². The molecule has 0 aliphatic heterocycles. The van der Waals surface area contributed by atoms with E-state index in [1.54, 1.807) is 0 Å². The van der Waals surface area contributed by atoms with Gasteiger partial charge in [0.2, 0.25) is 0 Å². The van der Waals surface area contributed by atoms with Crippen LogP contribution in [0.2, 0.25) is 0 Å². The van der Waals surface area contributed by atoms with Crippen LogP contribution in [0.5, 0.6) is 0 Å². The van der Waals surface area contributed by atoms with Gasteiger partial charge in [0.05, 0.1) is 0 Å². The van der Waals surface area contributed by atoms with Crippen LogP contribution < -0.4 is 0 Å². The molecule has 0 saturated heterocycles. The maximum absolute atomic E-state index is 14.7. The molecule has 0 nitrogen and oxygen atoms in total. The zero-order valence-electron chi connectivity index (χ0n) is 17.8. The van der Waals surface area contributed by atoms with E-state index >= 15 is 0 Å². The maximum Gasteiger partial charge on any atom is 0.126 e. The molecular weight excluding hydrogens is 331 g/mol. The van der Waals surface area contributed by atoms with Crippen LogP contribution in [0.15, 0.2) is 18.2 Å². The summed E-state index contributed by atoms with van der Waals surface area (Å²) >= 11 is 0. The van der Waals surface area contributed by atoms with Crippen molar-refractivity contribution in [1.29, 1.82) is 0 Å². The standard InChI is InChI=1S/C26H41F/c1-3-5-6-21-7-9-22(10-8-21)13-16-24-17-18-25(19-26(24)27)23-14-11-20(4-2)12-15-23/h17-23H,3-16H2,1-2H3. The first-order chi connectivity index (χ1) is 13.2. The molecule has 2 saturated carbocycles. The minimum atomic E-state index is 0.0572. The average molecular weight is 373 g/mol. The van der Waals surface area contributed by atoms with Crippen molar-refractivity contribution >= 4 is 0 Å². The molecule has 2 aliphatic carbocycles. The second-order valence-corrected chi connectivity index (χ2v) is 9.54. The molecule has 1 heteroatoms. The van der Waals surface area contributed by atoms with E-state index in [2.05, 4.69) is 26.0 Å². The molecule has 2 fully saturated rings. The Kier molecular flexibility index (Phi) is 8.22. The van der Waals surface area contributed by atoms with Crippen molar-refractivity contribution < 1.29 is 4.39 Å². The molecule has 152 valence electrons. The fourth-order valence-corrected chi connectivity index (χ4v) is 5.59. The third kappa shape index (κ3) is 6.06. The van der Waals surface area contributed by atoms with Crippen LogP contribution in [0.4, 0.5) is 4.39 Å².